The molecule has 2 aromatic carbocycles. The van der Waals surface area contributed by atoms with E-state index in [2.05, 4.69) is 20.7 Å². The van der Waals surface area contributed by atoms with Gasteiger partial charge in [-0.25, -0.2) is 9.67 Å². The lowest BCUT2D eigenvalue weighted by molar-refractivity contribution is 0.0998. The Hall–Kier alpha value is -4.66. The fourth-order valence-corrected chi connectivity index (χ4v) is 3.97. The normalized spacial score (nSPS) is 12.0. The number of carbonyl (C=O) groups is 2. The maximum atomic E-state index is 12.7. The third-order valence-corrected chi connectivity index (χ3v) is 5.69. The van der Waals surface area contributed by atoms with Crippen LogP contribution in [0, 0.1) is 0 Å². The van der Waals surface area contributed by atoms with Gasteiger partial charge in [0.1, 0.15) is 28.6 Å². The van der Waals surface area contributed by atoms with E-state index in [-0.39, 0.29) is 5.91 Å². The van der Waals surface area contributed by atoms with Crippen LogP contribution in [0.5, 0.6) is 5.75 Å². The standard InChI is InChI=1S/C25H22N6O3/c1-34-18-10-12-27-20(14-18)29-25(33)17-8-6-16(7-9-17)22-21(23(26)32)24-28-19-5-3-2-4-15(19)11-13-31(24)30-22/h2-10,12,14,28H,11,13H2,1H3,(H2,26,32)(H,27,29,33). The molecule has 0 aliphatic carbocycles. The number of benzene rings is 2. The molecule has 9 heteroatoms. The van der Waals surface area contributed by atoms with Crippen molar-refractivity contribution < 1.29 is 14.3 Å². The maximum absolute atomic E-state index is 12.7. The lowest BCUT2D eigenvalue weighted by Crippen LogP contribution is -2.14. The first-order valence-corrected chi connectivity index (χ1v) is 10.7. The van der Waals surface area contributed by atoms with Crippen LogP contribution >= 0.6 is 0 Å². The Kier molecular flexibility index (Phi) is 5.43. The summed E-state index contributed by atoms with van der Waals surface area (Å²) in [6.07, 6.45) is 2.32. The average Bonchev–Trinajstić information content (AvgIpc) is 3.12. The Morgan fingerprint density at radius 3 is 2.68 bits per heavy atom. The first kappa shape index (κ1) is 21.2. The quantitative estimate of drug-likeness (QED) is 0.423. The average molecular weight is 454 g/mol. The van der Waals surface area contributed by atoms with Crippen LogP contribution in [0.15, 0.2) is 66.9 Å². The Balaban J connectivity index is 1.44. The Morgan fingerprint density at radius 1 is 1.12 bits per heavy atom. The zero-order valence-electron chi connectivity index (χ0n) is 18.4. The number of nitrogens with one attached hydrogen (secondary N) is 2. The number of anilines is 3. The van der Waals surface area contributed by atoms with Gasteiger partial charge in [-0.1, -0.05) is 30.3 Å². The van der Waals surface area contributed by atoms with Crippen molar-refractivity contribution in [2.24, 2.45) is 5.73 Å². The van der Waals surface area contributed by atoms with Crippen LogP contribution in [-0.2, 0) is 13.0 Å². The molecule has 0 atom stereocenters. The van der Waals surface area contributed by atoms with Gasteiger partial charge in [0.05, 0.1) is 7.11 Å². The number of primary amides is 1. The van der Waals surface area contributed by atoms with Gasteiger partial charge in [0, 0.05) is 35.6 Å². The molecule has 0 fully saturated rings. The van der Waals surface area contributed by atoms with Crippen LogP contribution in [-0.4, -0.2) is 33.7 Å². The van der Waals surface area contributed by atoms with Crippen molar-refractivity contribution in [3.8, 4) is 17.0 Å². The molecule has 0 radical (unpaired) electrons. The summed E-state index contributed by atoms with van der Waals surface area (Å²) >= 11 is 0. The Labute approximate surface area is 195 Å². The molecule has 2 aromatic heterocycles. The molecule has 0 unspecified atom stereocenters. The maximum Gasteiger partial charge on any atom is 0.256 e. The minimum atomic E-state index is -0.575. The lowest BCUT2D eigenvalue weighted by atomic mass is 10.0. The molecule has 9 nitrogen and oxygen atoms in total. The van der Waals surface area contributed by atoms with E-state index >= 15 is 0 Å². The molecule has 0 saturated heterocycles. The topological polar surface area (TPSA) is 124 Å². The first-order valence-electron chi connectivity index (χ1n) is 10.7. The highest BCUT2D eigenvalue weighted by atomic mass is 16.5. The second-order valence-electron chi connectivity index (χ2n) is 7.80. The molecule has 4 aromatic rings. The third-order valence-electron chi connectivity index (χ3n) is 5.69. The fourth-order valence-electron chi connectivity index (χ4n) is 3.97. The van der Waals surface area contributed by atoms with Crippen molar-refractivity contribution >= 4 is 29.1 Å². The molecule has 1 aliphatic heterocycles. The number of para-hydroxylation sites is 1. The van der Waals surface area contributed by atoms with Crippen LogP contribution in [0.2, 0.25) is 0 Å². The minimum Gasteiger partial charge on any atom is -0.497 e. The number of amides is 2. The molecule has 34 heavy (non-hydrogen) atoms. The van der Waals surface area contributed by atoms with Gasteiger partial charge in [-0.05, 0) is 36.2 Å². The molecule has 0 spiro atoms. The van der Waals surface area contributed by atoms with E-state index in [0.29, 0.717) is 46.3 Å². The van der Waals surface area contributed by atoms with Gasteiger partial charge in [-0.2, -0.15) is 5.10 Å². The van der Waals surface area contributed by atoms with Crippen LogP contribution in [0.1, 0.15) is 26.3 Å². The van der Waals surface area contributed by atoms with Crippen LogP contribution < -0.4 is 21.1 Å². The summed E-state index contributed by atoms with van der Waals surface area (Å²) in [5.41, 5.74) is 9.73. The number of hydrogen-bond acceptors (Lipinski definition) is 6. The van der Waals surface area contributed by atoms with E-state index in [1.807, 2.05) is 24.3 Å². The Bertz CT molecular complexity index is 1390. The van der Waals surface area contributed by atoms with Gasteiger partial charge in [-0.15, -0.1) is 0 Å². The van der Waals surface area contributed by atoms with Crippen LogP contribution in [0.25, 0.3) is 11.3 Å². The van der Waals surface area contributed by atoms with Gasteiger partial charge in [0.2, 0.25) is 0 Å². The van der Waals surface area contributed by atoms with Gasteiger partial charge < -0.3 is 21.1 Å². The molecule has 3 heterocycles. The lowest BCUT2D eigenvalue weighted by Gasteiger charge is -2.09. The smallest absolute Gasteiger partial charge is 0.256 e. The summed E-state index contributed by atoms with van der Waals surface area (Å²) in [7, 11) is 1.55. The predicted octanol–water partition coefficient (Wildman–Crippen LogP) is 3.60. The number of nitrogens with two attached hydrogens (primary N) is 1. The SMILES string of the molecule is COc1ccnc(NC(=O)c2ccc(-c3nn4c(c3C(N)=O)Nc3ccccc3CC4)cc2)c1. The van der Waals surface area contributed by atoms with E-state index in [0.717, 1.165) is 17.7 Å². The van der Waals surface area contributed by atoms with E-state index in [1.54, 1.807) is 54.4 Å². The zero-order valence-corrected chi connectivity index (χ0v) is 18.4. The molecular formula is C25H22N6O3. The second kappa shape index (κ2) is 8.70. The number of nitrogens with zero attached hydrogens (tertiary/aromatic N) is 3. The monoisotopic (exact) mass is 454 g/mol. The van der Waals surface area contributed by atoms with Crippen LogP contribution in [0.4, 0.5) is 17.3 Å². The van der Waals surface area contributed by atoms with Crippen molar-refractivity contribution in [2.75, 3.05) is 17.7 Å². The summed E-state index contributed by atoms with van der Waals surface area (Å²) in [4.78, 5) is 29.2. The summed E-state index contributed by atoms with van der Waals surface area (Å²) < 4.78 is 6.92. The number of methoxy groups -OCH3 is 1. The van der Waals surface area contributed by atoms with Gasteiger partial charge in [0.25, 0.3) is 11.8 Å². The number of fused-ring (bicyclic) bond motifs is 2. The highest BCUT2D eigenvalue weighted by Crippen LogP contribution is 2.34. The number of ether oxygens (including phenoxy) is 1. The van der Waals surface area contributed by atoms with Crippen molar-refractivity contribution in [2.45, 2.75) is 13.0 Å². The number of rotatable bonds is 5. The minimum absolute atomic E-state index is 0.314. The molecule has 5 rings (SSSR count). The first-order chi connectivity index (χ1) is 16.5. The highest BCUT2D eigenvalue weighted by Gasteiger charge is 2.26. The van der Waals surface area contributed by atoms with Crippen molar-refractivity contribution in [3.63, 3.8) is 0 Å². The highest BCUT2D eigenvalue weighted by molar-refractivity contribution is 6.06. The summed E-state index contributed by atoms with van der Waals surface area (Å²) in [6.45, 7) is 0.605. The molecular weight excluding hydrogens is 432 g/mol. The van der Waals surface area contributed by atoms with Crippen LogP contribution in [0.3, 0.4) is 0 Å². The van der Waals surface area contributed by atoms with E-state index in [1.165, 1.54) is 0 Å². The molecule has 170 valence electrons. The molecule has 4 N–H and O–H groups in total. The van der Waals surface area contributed by atoms with Crippen molar-refractivity contribution in [3.05, 3.63) is 83.6 Å². The predicted molar refractivity (Wildman–Crippen MR) is 128 cm³/mol. The number of aromatic nitrogens is 3. The van der Waals surface area contributed by atoms with Crippen molar-refractivity contribution in [1.82, 2.24) is 14.8 Å². The molecule has 1 aliphatic rings. The number of pyridine rings is 1. The van der Waals surface area contributed by atoms with E-state index < -0.39 is 5.91 Å². The largest absolute Gasteiger partial charge is 0.497 e. The molecule has 2 amide bonds. The molecule has 0 saturated carbocycles. The number of hydrogen-bond donors (Lipinski definition) is 3. The van der Waals surface area contributed by atoms with E-state index in [9.17, 15) is 9.59 Å². The fraction of sp³-hybridized carbons (Fsp3) is 0.120. The number of carbonyl (C=O) groups excluding carboxylic acids is 2. The third kappa shape index (κ3) is 3.95. The van der Waals surface area contributed by atoms with Crippen molar-refractivity contribution in [1.29, 1.82) is 0 Å². The molecule has 0 bridgehead atoms. The second-order valence-corrected chi connectivity index (χ2v) is 7.80. The van der Waals surface area contributed by atoms with Gasteiger partial charge >= 0.3 is 0 Å². The summed E-state index contributed by atoms with van der Waals surface area (Å²) in [5.74, 6) is 0.651. The summed E-state index contributed by atoms with van der Waals surface area (Å²) in [6, 6.07) is 18.1. The van der Waals surface area contributed by atoms with Gasteiger partial charge in [0.15, 0.2) is 0 Å². The zero-order chi connectivity index (χ0) is 23.7. The van der Waals surface area contributed by atoms with E-state index in [4.69, 9.17) is 10.5 Å². The van der Waals surface area contributed by atoms with Gasteiger partial charge in [-0.3, -0.25) is 9.59 Å². The summed E-state index contributed by atoms with van der Waals surface area (Å²) in [5, 5.41) is 10.7. The Morgan fingerprint density at radius 2 is 1.91 bits per heavy atom. The number of aryl methyl sites for hydroxylation is 2.